The molecule has 0 aromatic heterocycles. The SMILES string of the molecule is C=CC(OSC)c1ccccc1. The Balaban J connectivity index is 2.73. The molecule has 1 atom stereocenters. The molecule has 0 aliphatic carbocycles. The lowest BCUT2D eigenvalue weighted by Gasteiger charge is -2.10. The van der Waals surface area contributed by atoms with Crippen molar-refractivity contribution in [3.8, 4) is 0 Å². The highest BCUT2D eigenvalue weighted by molar-refractivity contribution is 7.93. The van der Waals surface area contributed by atoms with Crippen LogP contribution < -0.4 is 0 Å². The molecule has 0 radical (unpaired) electrons. The van der Waals surface area contributed by atoms with Crippen molar-refractivity contribution in [1.82, 2.24) is 0 Å². The van der Waals surface area contributed by atoms with Gasteiger partial charge >= 0.3 is 0 Å². The molecule has 0 fully saturated rings. The molecule has 0 N–H and O–H groups in total. The van der Waals surface area contributed by atoms with Gasteiger partial charge in [0.1, 0.15) is 6.10 Å². The van der Waals surface area contributed by atoms with Gasteiger partial charge in [-0.25, -0.2) is 0 Å². The minimum atomic E-state index is 0.00111. The first-order chi connectivity index (χ1) is 5.88. The molecule has 1 nitrogen and oxygen atoms in total. The van der Waals surface area contributed by atoms with Gasteiger partial charge in [0, 0.05) is 6.26 Å². The molecule has 2 heteroatoms. The highest BCUT2D eigenvalue weighted by Gasteiger charge is 2.05. The average molecular weight is 180 g/mol. The third-order valence-electron chi connectivity index (χ3n) is 1.54. The van der Waals surface area contributed by atoms with E-state index in [4.69, 9.17) is 4.18 Å². The van der Waals surface area contributed by atoms with Crippen molar-refractivity contribution in [2.45, 2.75) is 6.10 Å². The first-order valence-electron chi connectivity index (χ1n) is 3.75. The van der Waals surface area contributed by atoms with Gasteiger partial charge < -0.3 is 4.18 Å². The van der Waals surface area contributed by atoms with Gasteiger partial charge in [0.15, 0.2) is 0 Å². The van der Waals surface area contributed by atoms with Crippen LogP contribution in [-0.2, 0) is 4.18 Å². The van der Waals surface area contributed by atoms with Gasteiger partial charge in [0.25, 0.3) is 0 Å². The van der Waals surface area contributed by atoms with Crippen LogP contribution in [0, 0.1) is 0 Å². The lowest BCUT2D eigenvalue weighted by molar-refractivity contribution is 0.307. The van der Waals surface area contributed by atoms with E-state index in [9.17, 15) is 0 Å². The monoisotopic (exact) mass is 180 g/mol. The van der Waals surface area contributed by atoms with Gasteiger partial charge in [-0.15, -0.1) is 6.58 Å². The Morgan fingerprint density at radius 1 is 1.42 bits per heavy atom. The van der Waals surface area contributed by atoms with Crippen molar-refractivity contribution < 1.29 is 4.18 Å². The van der Waals surface area contributed by atoms with Gasteiger partial charge in [0.05, 0.1) is 0 Å². The number of rotatable bonds is 4. The summed E-state index contributed by atoms with van der Waals surface area (Å²) in [4.78, 5) is 0. The van der Waals surface area contributed by atoms with E-state index in [1.54, 1.807) is 6.08 Å². The number of benzene rings is 1. The molecule has 1 aromatic rings. The van der Waals surface area contributed by atoms with Crippen molar-refractivity contribution in [2.24, 2.45) is 0 Å². The summed E-state index contributed by atoms with van der Waals surface area (Å²) in [5, 5.41) is 0. The van der Waals surface area contributed by atoms with Crippen molar-refractivity contribution >= 4 is 12.0 Å². The second kappa shape index (κ2) is 5.01. The van der Waals surface area contributed by atoms with Crippen molar-refractivity contribution in [3.05, 3.63) is 48.6 Å². The van der Waals surface area contributed by atoms with E-state index >= 15 is 0 Å². The molecular formula is C10H12OS. The van der Waals surface area contributed by atoms with Crippen LogP contribution in [0.25, 0.3) is 0 Å². The molecule has 1 unspecified atom stereocenters. The van der Waals surface area contributed by atoms with Crippen LogP contribution in [0.15, 0.2) is 43.0 Å². The molecule has 0 saturated carbocycles. The predicted octanol–water partition coefficient (Wildman–Crippen LogP) is 3.21. The third-order valence-corrected chi connectivity index (χ3v) is 1.94. The average Bonchev–Trinajstić information content (AvgIpc) is 2.15. The highest BCUT2D eigenvalue weighted by Crippen LogP contribution is 2.21. The summed E-state index contributed by atoms with van der Waals surface area (Å²) in [6, 6.07) is 10.0. The van der Waals surface area contributed by atoms with E-state index in [0.29, 0.717) is 0 Å². The zero-order chi connectivity index (χ0) is 8.81. The summed E-state index contributed by atoms with van der Waals surface area (Å²) >= 11 is 1.36. The van der Waals surface area contributed by atoms with Gasteiger partial charge in [-0.1, -0.05) is 36.4 Å². The van der Waals surface area contributed by atoms with E-state index < -0.39 is 0 Å². The van der Waals surface area contributed by atoms with Gasteiger partial charge in [-0.2, -0.15) is 0 Å². The second-order valence-electron chi connectivity index (χ2n) is 2.33. The Kier molecular flexibility index (Phi) is 3.91. The van der Waals surface area contributed by atoms with Crippen LogP contribution in [-0.4, -0.2) is 6.26 Å². The summed E-state index contributed by atoms with van der Waals surface area (Å²) in [5.74, 6) is 0. The maximum atomic E-state index is 5.38. The van der Waals surface area contributed by atoms with E-state index in [1.165, 1.54) is 12.0 Å². The molecule has 0 saturated heterocycles. The fourth-order valence-electron chi connectivity index (χ4n) is 0.977. The van der Waals surface area contributed by atoms with Crippen molar-refractivity contribution in [2.75, 3.05) is 6.26 Å². The standard InChI is InChI=1S/C10H12OS/c1-3-10(11-12-2)9-7-5-4-6-8-9/h3-8,10H,1H2,2H3. The van der Waals surface area contributed by atoms with Crippen LogP contribution in [0.1, 0.15) is 11.7 Å². The van der Waals surface area contributed by atoms with E-state index in [1.807, 2.05) is 36.6 Å². The van der Waals surface area contributed by atoms with E-state index in [0.717, 1.165) is 5.56 Å². The summed E-state index contributed by atoms with van der Waals surface area (Å²) in [6.07, 6.45) is 3.70. The molecule has 0 bridgehead atoms. The zero-order valence-corrected chi connectivity index (χ0v) is 7.88. The summed E-state index contributed by atoms with van der Waals surface area (Å²) < 4.78 is 5.38. The highest BCUT2D eigenvalue weighted by atomic mass is 32.2. The minimum Gasteiger partial charge on any atom is -0.303 e. The smallest absolute Gasteiger partial charge is 0.115 e. The van der Waals surface area contributed by atoms with Crippen LogP contribution in [0.5, 0.6) is 0 Å². The Morgan fingerprint density at radius 2 is 2.08 bits per heavy atom. The molecule has 12 heavy (non-hydrogen) atoms. The minimum absolute atomic E-state index is 0.00111. The predicted molar refractivity (Wildman–Crippen MR) is 54.0 cm³/mol. The first-order valence-corrected chi connectivity index (χ1v) is 4.90. The fourth-order valence-corrected chi connectivity index (χ4v) is 1.37. The topological polar surface area (TPSA) is 9.23 Å². The van der Waals surface area contributed by atoms with Crippen LogP contribution in [0.3, 0.4) is 0 Å². The third kappa shape index (κ3) is 2.40. The normalized spacial score (nSPS) is 12.4. The Morgan fingerprint density at radius 3 is 2.58 bits per heavy atom. The molecule has 0 aliphatic rings. The second-order valence-corrected chi connectivity index (χ2v) is 2.86. The molecule has 0 heterocycles. The molecule has 0 spiro atoms. The van der Waals surface area contributed by atoms with E-state index in [2.05, 4.69) is 6.58 Å². The largest absolute Gasteiger partial charge is 0.303 e. The maximum Gasteiger partial charge on any atom is 0.115 e. The molecule has 64 valence electrons. The molecule has 0 amide bonds. The number of hydrogen-bond acceptors (Lipinski definition) is 2. The molecule has 1 rings (SSSR count). The Hall–Kier alpha value is -0.730. The van der Waals surface area contributed by atoms with Gasteiger partial charge in [-0.3, -0.25) is 0 Å². The Bertz CT molecular complexity index is 233. The Labute approximate surface area is 77.6 Å². The zero-order valence-electron chi connectivity index (χ0n) is 7.07. The summed E-state index contributed by atoms with van der Waals surface area (Å²) in [7, 11) is 0. The van der Waals surface area contributed by atoms with Crippen LogP contribution in [0.4, 0.5) is 0 Å². The van der Waals surface area contributed by atoms with Gasteiger partial charge in [-0.05, 0) is 17.6 Å². The summed E-state index contributed by atoms with van der Waals surface area (Å²) in [5.41, 5.74) is 1.14. The first kappa shape index (κ1) is 9.36. The van der Waals surface area contributed by atoms with Crippen molar-refractivity contribution in [3.63, 3.8) is 0 Å². The number of hydrogen-bond donors (Lipinski definition) is 0. The molecule has 1 aromatic carbocycles. The molecular weight excluding hydrogens is 168 g/mol. The fraction of sp³-hybridized carbons (Fsp3) is 0.200. The van der Waals surface area contributed by atoms with Gasteiger partial charge in [0.2, 0.25) is 0 Å². The maximum absolute atomic E-state index is 5.38. The van der Waals surface area contributed by atoms with Crippen LogP contribution >= 0.6 is 12.0 Å². The molecule has 0 aliphatic heterocycles. The summed E-state index contributed by atoms with van der Waals surface area (Å²) in [6.45, 7) is 3.72. The van der Waals surface area contributed by atoms with Crippen molar-refractivity contribution in [1.29, 1.82) is 0 Å². The quantitative estimate of drug-likeness (QED) is 0.520. The van der Waals surface area contributed by atoms with Crippen LogP contribution in [0.2, 0.25) is 0 Å². The lowest BCUT2D eigenvalue weighted by atomic mass is 10.1. The van der Waals surface area contributed by atoms with E-state index in [-0.39, 0.29) is 6.10 Å². The lowest BCUT2D eigenvalue weighted by Crippen LogP contribution is -1.94.